The predicted molar refractivity (Wildman–Crippen MR) is 65.9 cm³/mol. The van der Waals surface area contributed by atoms with Crippen molar-refractivity contribution in [3.8, 4) is 5.75 Å². The summed E-state index contributed by atoms with van der Waals surface area (Å²) in [6.07, 6.45) is 0. The maximum atomic E-state index is 5.67. The summed E-state index contributed by atoms with van der Waals surface area (Å²) in [7, 11) is 0. The quantitative estimate of drug-likeness (QED) is 0.869. The van der Waals surface area contributed by atoms with E-state index in [0.29, 0.717) is 19.0 Å². The number of anilines is 1. The molecule has 17 heavy (non-hydrogen) atoms. The molecular weight excluding hydrogens is 216 g/mol. The van der Waals surface area contributed by atoms with Gasteiger partial charge in [0.1, 0.15) is 5.75 Å². The molecule has 5 heteroatoms. The lowest BCUT2D eigenvalue weighted by Gasteiger charge is -2.10. The summed E-state index contributed by atoms with van der Waals surface area (Å²) in [5, 5.41) is 7.84. The molecule has 2 aromatic rings. The Labute approximate surface area is 100 Å². The third-order valence-corrected chi connectivity index (χ3v) is 2.61. The number of para-hydroxylation sites is 1. The molecule has 5 nitrogen and oxygen atoms in total. The molecule has 0 atom stereocenters. The van der Waals surface area contributed by atoms with Crippen LogP contribution in [0, 0.1) is 6.92 Å². The first kappa shape index (κ1) is 11.4. The largest absolute Gasteiger partial charge is 0.494 e. The number of hydrogen-bond acceptors (Lipinski definition) is 4. The van der Waals surface area contributed by atoms with Crippen LogP contribution in [0.15, 0.2) is 24.3 Å². The lowest BCUT2D eigenvalue weighted by Crippen LogP contribution is -2.06. The second kappa shape index (κ2) is 4.86. The Morgan fingerprint density at radius 2 is 2.12 bits per heavy atom. The zero-order chi connectivity index (χ0) is 12.3. The first-order valence-electron chi connectivity index (χ1n) is 5.58. The van der Waals surface area contributed by atoms with Gasteiger partial charge < -0.3 is 10.5 Å². The Hall–Kier alpha value is -2.04. The van der Waals surface area contributed by atoms with Crippen molar-refractivity contribution in [1.82, 2.24) is 15.0 Å². The van der Waals surface area contributed by atoms with Gasteiger partial charge in [-0.05, 0) is 19.9 Å². The summed E-state index contributed by atoms with van der Waals surface area (Å²) in [5.41, 5.74) is 7.61. The molecule has 1 aromatic carbocycles. The van der Waals surface area contributed by atoms with Crippen molar-refractivity contribution >= 4 is 5.82 Å². The van der Waals surface area contributed by atoms with Crippen molar-refractivity contribution in [1.29, 1.82) is 0 Å². The molecule has 0 aliphatic carbocycles. The summed E-state index contributed by atoms with van der Waals surface area (Å²) in [6, 6.07) is 7.90. The van der Waals surface area contributed by atoms with Crippen molar-refractivity contribution in [2.24, 2.45) is 0 Å². The van der Waals surface area contributed by atoms with E-state index >= 15 is 0 Å². The molecule has 2 N–H and O–H groups in total. The van der Waals surface area contributed by atoms with E-state index in [4.69, 9.17) is 10.5 Å². The Balaban J connectivity index is 2.26. The average molecular weight is 232 g/mol. The second-order valence-electron chi connectivity index (χ2n) is 3.76. The number of nitrogen functional groups attached to an aromatic ring is 1. The summed E-state index contributed by atoms with van der Waals surface area (Å²) >= 11 is 0. The van der Waals surface area contributed by atoms with Gasteiger partial charge in [0.25, 0.3) is 0 Å². The van der Waals surface area contributed by atoms with Crippen LogP contribution in [0.1, 0.15) is 18.2 Å². The Kier molecular flexibility index (Phi) is 3.27. The summed E-state index contributed by atoms with van der Waals surface area (Å²) in [5.74, 6) is 1.35. The van der Waals surface area contributed by atoms with Gasteiger partial charge in [-0.1, -0.05) is 23.4 Å². The highest BCUT2D eigenvalue weighted by Gasteiger charge is 2.08. The van der Waals surface area contributed by atoms with E-state index < -0.39 is 0 Å². The maximum absolute atomic E-state index is 5.67. The van der Waals surface area contributed by atoms with Crippen LogP contribution in [0.4, 0.5) is 5.82 Å². The van der Waals surface area contributed by atoms with Crippen LogP contribution in [0.5, 0.6) is 5.75 Å². The molecular formula is C12H16N4O. The summed E-state index contributed by atoms with van der Waals surface area (Å²) in [4.78, 5) is 0. The molecule has 0 spiro atoms. The zero-order valence-electron chi connectivity index (χ0n) is 10.1. The van der Waals surface area contributed by atoms with E-state index in [2.05, 4.69) is 10.3 Å². The molecule has 0 radical (unpaired) electrons. The lowest BCUT2D eigenvalue weighted by molar-refractivity contribution is 0.335. The lowest BCUT2D eigenvalue weighted by atomic mass is 10.2. The SMILES string of the molecule is CCOc1ccccc1Cn1nnc(N)c1C. The van der Waals surface area contributed by atoms with E-state index in [0.717, 1.165) is 17.0 Å². The number of nitrogens with zero attached hydrogens (tertiary/aromatic N) is 3. The summed E-state index contributed by atoms with van der Waals surface area (Å²) in [6.45, 7) is 5.13. The van der Waals surface area contributed by atoms with Crippen molar-refractivity contribution in [3.05, 3.63) is 35.5 Å². The average Bonchev–Trinajstić information content (AvgIpc) is 2.64. The third-order valence-electron chi connectivity index (χ3n) is 2.61. The molecule has 0 aliphatic heterocycles. The normalized spacial score (nSPS) is 10.5. The van der Waals surface area contributed by atoms with E-state index in [1.165, 1.54) is 0 Å². The van der Waals surface area contributed by atoms with Crippen LogP contribution in [-0.4, -0.2) is 21.6 Å². The highest BCUT2D eigenvalue weighted by molar-refractivity contribution is 5.35. The molecule has 0 fully saturated rings. The molecule has 1 heterocycles. The van der Waals surface area contributed by atoms with Crippen LogP contribution < -0.4 is 10.5 Å². The molecule has 0 aliphatic rings. The predicted octanol–water partition coefficient (Wildman–Crippen LogP) is 1.62. The molecule has 0 amide bonds. The number of benzene rings is 1. The molecule has 1 aromatic heterocycles. The maximum Gasteiger partial charge on any atom is 0.168 e. The summed E-state index contributed by atoms with van der Waals surface area (Å²) < 4.78 is 7.33. The smallest absolute Gasteiger partial charge is 0.168 e. The molecule has 2 rings (SSSR count). The fourth-order valence-corrected chi connectivity index (χ4v) is 1.62. The van der Waals surface area contributed by atoms with E-state index in [-0.39, 0.29) is 0 Å². The minimum atomic E-state index is 0.471. The van der Waals surface area contributed by atoms with Gasteiger partial charge in [-0.15, -0.1) is 5.10 Å². The first-order valence-corrected chi connectivity index (χ1v) is 5.58. The van der Waals surface area contributed by atoms with E-state index in [1.807, 2.05) is 38.1 Å². The topological polar surface area (TPSA) is 66.0 Å². The van der Waals surface area contributed by atoms with Crippen LogP contribution >= 0.6 is 0 Å². The Morgan fingerprint density at radius 1 is 1.35 bits per heavy atom. The van der Waals surface area contributed by atoms with Crippen LogP contribution in [0.3, 0.4) is 0 Å². The van der Waals surface area contributed by atoms with Crippen LogP contribution in [-0.2, 0) is 6.54 Å². The highest BCUT2D eigenvalue weighted by atomic mass is 16.5. The molecule has 0 saturated carbocycles. The molecule has 90 valence electrons. The fraction of sp³-hybridized carbons (Fsp3) is 0.333. The minimum absolute atomic E-state index is 0.471. The minimum Gasteiger partial charge on any atom is -0.494 e. The number of aromatic nitrogens is 3. The van der Waals surface area contributed by atoms with Gasteiger partial charge in [-0.2, -0.15) is 0 Å². The first-order chi connectivity index (χ1) is 8.22. The number of ether oxygens (including phenoxy) is 1. The fourth-order valence-electron chi connectivity index (χ4n) is 1.62. The van der Waals surface area contributed by atoms with E-state index in [9.17, 15) is 0 Å². The third kappa shape index (κ3) is 2.38. The van der Waals surface area contributed by atoms with Crippen LogP contribution in [0.2, 0.25) is 0 Å². The van der Waals surface area contributed by atoms with E-state index in [1.54, 1.807) is 4.68 Å². The van der Waals surface area contributed by atoms with Gasteiger partial charge in [0.2, 0.25) is 0 Å². The Bertz CT molecular complexity index is 507. The van der Waals surface area contributed by atoms with Gasteiger partial charge in [0, 0.05) is 5.56 Å². The molecule has 0 saturated heterocycles. The standard InChI is InChI=1S/C12H16N4O/c1-3-17-11-7-5-4-6-10(11)8-16-9(2)12(13)14-15-16/h4-7H,3,8,13H2,1-2H3. The van der Waals surface area contributed by atoms with Crippen molar-refractivity contribution < 1.29 is 4.74 Å². The van der Waals surface area contributed by atoms with Crippen molar-refractivity contribution in [3.63, 3.8) is 0 Å². The van der Waals surface area contributed by atoms with Gasteiger partial charge in [-0.25, -0.2) is 4.68 Å². The molecule has 0 bridgehead atoms. The van der Waals surface area contributed by atoms with Crippen molar-refractivity contribution in [2.45, 2.75) is 20.4 Å². The monoisotopic (exact) mass is 232 g/mol. The number of rotatable bonds is 4. The van der Waals surface area contributed by atoms with Crippen LogP contribution in [0.25, 0.3) is 0 Å². The number of nitrogens with two attached hydrogens (primary N) is 1. The highest BCUT2D eigenvalue weighted by Crippen LogP contribution is 2.19. The van der Waals surface area contributed by atoms with Gasteiger partial charge >= 0.3 is 0 Å². The Morgan fingerprint density at radius 3 is 2.76 bits per heavy atom. The second-order valence-corrected chi connectivity index (χ2v) is 3.76. The zero-order valence-corrected chi connectivity index (χ0v) is 10.1. The van der Waals surface area contributed by atoms with Gasteiger partial charge in [0.05, 0.1) is 18.8 Å². The van der Waals surface area contributed by atoms with Gasteiger partial charge in [0.15, 0.2) is 5.82 Å². The number of hydrogen-bond donors (Lipinski definition) is 1. The van der Waals surface area contributed by atoms with Crippen molar-refractivity contribution in [2.75, 3.05) is 12.3 Å². The van der Waals surface area contributed by atoms with Gasteiger partial charge in [-0.3, -0.25) is 0 Å². The molecule has 0 unspecified atom stereocenters.